The minimum atomic E-state index is -4.66. The number of hydrogen-bond acceptors (Lipinski definition) is 4. The second-order valence-electron chi connectivity index (χ2n) is 15.3. The van der Waals surface area contributed by atoms with Crippen molar-refractivity contribution in [3.8, 4) is 39.2 Å². The number of para-hydroxylation sites is 2. The second-order valence-corrected chi connectivity index (χ2v) is 15.3. The van der Waals surface area contributed by atoms with Gasteiger partial charge in [0.05, 0.1) is 68.9 Å². The third-order valence-corrected chi connectivity index (χ3v) is 11.7. The molecule has 4 aromatic heterocycles. The minimum Gasteiger partial charge on any atom is -0.462 e. The van der Waals surface area contributed by atoms with E-state index in [0.717, 1.165) is 24.3 Å². The average Bonchev–Trinajstić information content (AvgIpc) is 3.82. The number of nitrogens with zero attached hydrogens (tertiary/aromatic N) is 2. The first-order chi connectivity index (χ1) is 30.8. The van der Waals surface area contributed by atoms with Gasteiger partial charge in [0.2, 0.25) is 0 Å². The van der Waals surface area contributed by atoms with Gasteiger partial charge >= 0.3 is 24.3 Å². The Bertz CT molecular complexity index is 3460. The molecule has 10 aromatic rings. The lowest BCUT2D eigenvalue weighted by atomic mass is 9.91. The van der Waals surface area contributed by atoms with Gasteiger partial charge in [0.25, 0.3) is 0 Å². The van der Waals surface area contributed by atoms with E-state index in [1.165, 1.54) is 24.3 Å². The largest absolute Gasteiger partial charge is 0.462 e. The summed E-state index contributed by atoms with van der Waals surface area (Å²) in [5.74, 6) is -1.24. The predicted molar refractivity (Wildman–Crippen MR) is 236 cm³/mol. The van der Waals surface area contributed by atoms with E-state index in [4.69, 9.17) is 9.47 Å². The van der Waals surface area contributed by atoms with Crippen molar-refractivity contribution in [2.45, 2.75) is 26.2 Å². The molecule has 0 saturated heterocycles. The molecule has 0 aliphatic heterocycles. The number of rotatable bonds is 8. The average molecular weight is 865 g/mol. The van der Waals surface area contributed by atoms with Crippen molar-refractivity contribution in [1.82, 2.24) is 8.97 Å². The summed E-state index contributed by atoms with van der Waals surface area (Å²) in [7, 11) is 0. The molecule has 0 radical (unpaired) electrons. The van der Waals surface area contributed by atoms with Crippen LogP contribution in [0.1, 0.15) is 45.7 Å². The maximum atomic E-state index is 14.4. The molecule has 10 rings (SSSR count). The molecular weight excluding hydrogens is 831 g/mol. The van der Waals surface area contributed by atoms with Crippen LogP contribution in [0.3, 0.4) is 0 Å². The number of carbonyl (C=O) groups excluding carboxylic acids is 2. The van der Waals surface area contributed by atoms with Gasteiger partial charge in [0, 0.05) is 32.7 Å². The van der Waals surface area contributed by atoms with Crippen LogP contribution in [-0.2, 0) is 21.8 Å². The Kier molecular flexibility index (Phi) is 9.51. The summed E-state index contributed by atoms with van der Waals surface area (Å²) in [6.45, 7) is 3.50. The highest BCUT2D eigenvalue weighted by atomic mass is 19.4. The molecule has 0 atom stereocenters. The lowest BCUT2D eigenvalue weighted by molar-refractivity contribution is -0.138. The van der Waals surface area contributed by atoms with Crippen LogP contribution in [0.5, 0.6) is 0 Å². The summed E-state index contributed by atoms with van der Waals surface area (Å²) in [5.41, 5.74) is 3.62. The van der Waals surface area contributed by atoms with Crippen molar-refractivity contribution in [3.63, 3.8) is 0 Å². The second kappa shape index (κ2) is 15.0. The van der Waals surface area contributed by atoms with E-state index in [-0.39, 0.29) is 24.3 Å². The molecule has 0 N–H and O–H groups in total. The van der Waals surface area contributed by atoms with Crippen LogP contribution in [0.25, 0.3) is 88.2 Å². The van der Waals surface area contributed by atoms with E-state index < -0.39 is 35.4 Å². The molecule has 0 amide bonds. The van der Waals surface area contributed by atoms with Gasteiger partial charge in [0.15, 0.2) is 0 Å². The van der Waals surface area contributed by atoms with Crippen molar-refractivity contribution in [1.29, 1.82) is 0 Å². The molecule has 6 aromatic carbocycles. The summed E-state index contributed by atoms with van der Waals surface area (Å²) in [6, 6.07) is 38.5. The van der Waals surface area contributed by atoms with Crippen molar-refractivity contribution in [2.24, 2.45) is 0 Å². The van der Waals surface area contributed by atoms with Crippen molar-refractivity contribution in [3.05, 3.63) is 168 Å². The molecule has 0 spiro atoms. The van der Waals surface area contributed by atoms with Crippen molar-refractivity contribution >= 4 is 60.9 Å². The molecule has 64 heavy (non-hydrogen) atoms. The SMILES string of the molecule is CCOC(=O)c1c(-c2ccccc2)n(-c2c(-c3ccc(C(F)(F)F)cc3)c3cccc4c(C(=O)OCC)c5c6ccccc6c(-c6ccc(C(F)(F)F)cc6)c2n5c34)c2ccccc12. The first-order valence-corrected chi connectivity index (χ1v) is 20.5. The number of esters is 2. The Morgan fingerprint density at radius 3 is 1.56 bits per heavy atom. The third-order valence-electron chi connectivity index (χ3n) is 11.7. The van der Waals surface area contributed by atoms with Crippen LogP contribution in [0.4, 0.5) is 26.3 Å². The monoisotopic (exact) mass is 864 g/mol. The van der Waals surface area contributed by atoms with Gasteiger partial charge in [-0.15, -0.1) is 0 Å². The van der Waals surface area contributed by atoms with Crippen molar-refractivity contribution < 1.29 is 45.4 Å². The summed E-state index contributed by atoms with van der Waals surface area (Å²) in [5, 5.41) is 2.69. The molecule has 0 fully saturated rings. The first-order valence-electron chi connectivity index (χ1n) is 20.5. The van der Waals surface area contributed by atoms with Crippen LogP contribution in [0, 0.1) is 0 Å². The Balaban J connectivity index is 1.55. The number of ether oxygens (including phenoxy) is 2. The van der Waals surface area contributed by atoms with E-state index >= 15 is 0 Å². The van der Waals surface area contributed by atoms with Gasteiger partial charge in [-0.1, -0.05) is 115 Å². The number of pyridine rings is 2. The Hall–Kier alpha value is -7.60. The van der Waals surface area contributed by atoms with E-state index in [9.17, 15) is 35.9 Å². The Morgan fingerprint density at radius 2 is 0.969 bits per heavy atom. The lowest BCUT2D eigenvalue weighted by Crippen LogP contribution is -2.10. The lowest BCUT2D eigenvalue weighted by Gasteiger charge is -2.25. The summed E-state index contributed by atoms with van der Waals surface area (Å²) in [6.07, 6.45) is -9.30. The molecule has 0 unspecified atom stereocenters. The van der Waals surface area contributed by atoms with E-state index in [1.54, 1.807) is 56.3 Å². The van der Waals surface area contributed by atoms with Crippen LogP contribution in [0.2, 0.25) is 0 Å². The zero-order valence-corrected chi connectivity index (χ0v) is 34.1. The maximum absolute atomic E-state index is 14.4. The molecule has 6 nitrogen and oxygen atoms in total. The van der Waals surface area contributed by atoms with Gasteiger partial charge in [-0.3, -0.25) is 0 Å². The van der Waals surface area contributed by atoms with Crippen LogP contribution >= 0.6 is 0 Å². The highest BCUT2D eigenvalue weighted by Gasteiger charge is 2.36. The van der Waals surface area contributed by atoms with Gasteiger partial charge < -0.3 is 18.4 Å². The Labute approximate surface area is 360 Å². The normalized spacial score (nSPS) is 12.3. The van der Waals surface area contributed by atoms with E-state index in [1.807, 2.05) is 63.6 Å². The molecule has 0 saturated carbocycles. The summed E-state index contributed by atoms with van der Waals surface area (Å²) < 4.78 is 101. The van der Waals surface area contributed by atoms with Gasteiger partial charge in [-0.05, 0) is 66.3 Å². The zero-order chi connectivity index (χ0) is 44.7. The minimum absolute atomic E-state index is 0.0541. The summed E-state index contributed by atoms with van der Waals surface area (Å²) >= 11 is 0. The fourth-order valence-corrected chi connectivity index (χ4v) is 9.25. The molecule has 4 heterocycles. The van der Waals surface area contributed by atoms with E-state index in [2.05, 4.69) is 0 Å². The zero-order valence-electron chi connectivity index (χ0n) is 34.1. The van der Waals surface area contributed by atoms with Gasteiger partial charge in [0.1, 0.15) is 0 Å². The standard InChI is InChI=1S/C52H34F6N2O4/c1-3-63-49(61)42-36-17-10-11-20-39(36)59(44(42)31-13-6-5-7-14-31)47-41(30-23-27-33(28-24-30)52(56,57)58)37-18-12-19-38-43(50(62)64-4-2)46-35-16-9-8-15-34(35)40(48(47)60(46)45(37)38)29-21-25-32(26-22-29)51(53,54)55/h5-28H,3-4H2,1-2H3. The van der Waals surface area contributed by atoms with Crippen molar-refractivity contribution in [2.75, 3.05) is 13.2 Å². The quantitative estimate of drug-likeness (QED) is 0.0661. The van der Waals surface area contributed by atoms with Crippen LogP contribution < -0.4 is 0 Å². The molecule has 318 valence electrons. The smallest absolute Gasteiger partial charge is 0.416 e. The maximum Gasteiger partial charge on any atom is 0.416 e. The number of hydrogen-bond donors (Lipinski definition) is 0. The molecule has 12 heteroatoms. The predicted octanol–water partition coefficient (Wildman–Crippen LogP) is 14.2. The number of alkyl halides is 6. The number of aromatic nitrogens is 2. The topological polar surface area (TPSA) is 61.9 Å². The van der Waals surface area contributed by atoms with Gasteiger partial charge in [-0.25, -0.2) is 9.59 Å². The first kappa shape index (κ1) is 40.5. The third kappa shape index (κ3) is 6.18. The number of benzene rings is 6. The highest BCUT2D eigenvalue weighted by molar-refractivity contribution is 6.28. The summed E-state index contributed by atoms with van der Waals surface area (Å²) in [4.78, 5) is 28.8. The number of halogens is 6. The fourth-order valence-electron chi connectivity index (χ4n) is 9.25. The highest BCUT2D eigenvalue weighted by Crippen LogP contribution is 2.52. The van der Waals surface area contributed by atoms with Crippen LogP contribution in [-0.4, -0.2) is 34.1 Å². The Morgan fingerprint density at radius 1 is 0.469 bits per heavy atom. The molecule has 0 bridgehead atoms. The number of carbonyl (C=O) groups is 2. The van der Waals surface area contributed by atoms with Gasteiger partial charge in [-0.2, -0.15) is 26.3 Å². The van der Waals surface area contributed by atoms with E-state index in [0.29, 0.717) is 88.2 Å². The molecular formula is C52H34F6N2O4. The molecule has 0 aliphatic carbocycles. The fraction of sp³-hybridized carbons (Fsp3) is 0.115. The van der Waals surface area contributed by atoms with Crippen LogP contribution in [0.15, 0.2) is 146 Å². The number of fused-ring (bicyclic) bond motifs is 3. The molecule has 0 aliphatic rings.